The molecule has 1 atom stereocenters. The molecule has 132 valence electrons. The third kappa shape index (κ3) is 4.87. The van der Waals surface area contributed by atoms with Gasteiger partial charge < -0.3 is 15.2 Å². The highest BCUT2D eigenvalue weighted by atomic mass is 19.1. The number of aliphatic hydroxyl groups is 1. The van der Waals surface area contributed by atoms with Crippen LogP contribution in [0, 0.1) is 11.6 Å². The zero-order valence-corrected chi connectivity index (χ0v) is 13.9. The third-order valence-electron chi connectivity index (χ3n) is 3.68. The first-order chi connectivity index (χ1) is 11.9. The fraction of sp³-hybridized carbons (Fsp3) is 0.211. The monoisotopic (exact) mass is 347 g/mol. The maximum atomic E-state index is 13.6. The molecule has 0 aliphatic heterocycles. The summed E-state index contributed by atoms with van der Waals surface area (Å²) in [7, 11) is 1.55. The van der Waals surface area contributed by atoms with Gasteiger partial charge in [-0.25, -0.2) is 8.78 Å². The highest BCUT2D eigenvalue weighted by molar-refractivity contribution is 5.94. The number of hydrogen-bond acceptors (Lipinski definition) is 3. The average Bonchev–Trinajstić information content (AvgIpc) is 2.59. The van der Waals surface area contributed by atoms with E-state index in [-0.39, 0.29) is 6.54 Å². The number of hydrogen-bond donors (Lipinski definition) is 2. The minimum Gasteiger partial charge on any atom is -0.497 e. The predicted molar refractivity (Wildman–Crippen MR) is 91.0 cm³/mol. The van der Waals surface area contributed by atoms with E-state index in [1.165, 1.54) is 12.1 Å². The molecule has 4 nitrogen and oxygen atoms in total. The number of benzene rings is 2. The molecule has 0 saturated heterocycles. The van der Waals surface area contributed by atoms with Crippen molar-refractivity contribution >= 4 is 11.5 Å². The molecule has 0 fully saturated rings. The molecular formula is C19H19F2NO3. The summed E-state index contributed by atoms with van der Waals surface area (Å²) < 4.78 is 32.3. The maximum Gasteiger partial charge on any atom is 0.244 e. The summed E-state index contributed by atoms with van der Waals surface area (Å²) in [6, 6.07) is 10.5. The molecule has 0 saturated carbocycles. The molecule has 2 aromatic carbocycles. The minimum atomic E-state index is -1.48. The lowest BCUT2D eigenvalue weighted by Gasteiger charge is -2.13. The van der Waals surface area contributed by atoms with Crippen molar-refractivity contribution in [3.8, 4) is 5.75 Å². The van der Waals surface area contributed by atoms with Crippen LogP contribution in [0.4, 0.5) is 8.78 Å². The highest BCUT2D eigenvalue weighted by Gasteiger charge is 2.18. The Morgan fingerprint density at radius 2 is 1.88 bits per heavy atom. The van der Waals surface area contributed by atoms with Gasteiger partial charge in [-0.3, -0.25) is 4.79 Å². The van der Waals surface area contributed by atoms with Gasteiger partial charge >= 0.3 is 0 Å². The molecule has 25 heavy (non-hydrogen) atoms. The second-order valence-corrected chi connectivity index (χ2v) is 5.46. The van der Waals surface area contributed by atoms with Crippen molar-refractivity contribution in [2.75, 3.05) is 13.7 Å². The standard InChI is InChI=1S/C19H19F2NO3/c1-12(13-5-3-6-14(10-13)25-2)9-18(24)22-11-17(23)19-15(20)7-4-8-16(19)21/h3-10,17,23H,11H2,1-2H3,(H,22,24)/b12-9+. The molecule has 2 aromatic rings. The lowest BCUT2D eigenvalue weighted by atomic mass is 10.1. The molecule has 0 radical (unpaired) electrons. The number of methoxy groups -OCH3 is 1. The normalized spacial score (nSPS) is 12.6. The van der Waals surface area contributed by atoms with E-state index in [9.17, 15) is 18.7 Å². The number of halogens is 2. The van der Waals surface area contributed by atoms with Gasteiger partial charge in [-0.2, -0.15) is 0 Å². The average molecular weight is 347 g/mol. The fourth-order valence-electron chi connectivity index (χ4n) is 2.33. The lowest BCUT2D eigenvalue weighted by Crippen LogP contribution is -2.27. The Balaban J connectivity index is 2.02. The predicted octanol–water partition coefficient (Wildman–Crippen LogP) is 3.23. The van der Waals surface area contributed by atoms with Crippen molar-refractivity contribution < 1.29 is 23.4 Å². The van der Waals surface area contributed by atoms with Gasteiger partial charge in [-0.05, 0) is 42.3 Å². The summed E-state index contributed by atoms with van der Waals surface area (Å²) >= 11 is 0. The molecule has 1 unspecified atom stereocenters. The van der Waals surface area contributed by atoms with Crippen LogP contribution < -0.4 is 10.1 Å². The topological polar surface area (TPSA) is 58.6 Å². The van der Waals surface area contributed by atoms with Gasteiger partial charge in [-0.1, -0.05) is 18.2 Å². The fourth-order valence-corrected chi connectivity index (χ4v) is 2.33. The van der Waals surface area contributed by atoms with Gasteiger partial charge in [-0.15, -0.1) is 0 Å². The SMILES string of the molecule is COc1cccc(/C(C)=C/C(=O)NCC(O)c2c(F)cccc2F)c1. The van der Waals surface area contributed by atoms with Gasteiger partial charge in [0.2, 0.25) is 5.91 Å². The lowest BCUT2D eigenvalue weighted by molar-refractivity contribution is -0.116. The van der Waals surface area contributed by atoms with Crippen LogP contribution in [0.1, 0.15) is 24.2 Å². The summed E-state index contributed by atoms with van der Waals surface area (Å²) in [6.45, 7) is 1.44. The molecule has 1 amide bonds. The highest BCUT2D eigenvalue weighted by Crippen LogP contribution is 2.21. The van der Waals surface area contributed by atoms with Crippen molar-refractivity contribution in [2.45, 2.75) is 13.0 Å². The molecular weight excluding hydrogens is 328 g/mol. The summed E-state index contributed by atoms with van der Waals surface area (Å²) in [6.07, 6.45) is -0.130. The number of ether oxygens (including phenoxy) is 1. The Kier molecular flexibility index (Phi) is 6.25. The first-order valence-electron chi connectivity index (χ1n) is 7.65. The van der Waals surface area contributed by atoms with Crippen LogP contribution in [0.15, 0.2) is 48.5 Å². The van der Waals surface area contributed by atoms with Gasteiger partial charge in [0.1, 0.15) is 23.5 Å². The van der Waals surface area contributed by atoms with Gasteiger partial charge in [0.25, 0.3) is 0 Å². The van der Waals surface area contributed by atoms with Crippen molar-refractivity contribution in [3.05, 3.63) is 71.3 Å². The zero-order valence-electron chi connectivity index (χ0n) is 13.9. The Hall–Kier alpha value is -2.73. The largest absolute Gasteiger partial charge is 0.497 e. The van der Waals surface area contributed by atoms with Gasteiger partial charge in [0.05, 0.1) is 12.7 Å². The second kappa shape index (κ2) is 8.39. The quantitative estimate of drug-likeness (QED) is 0.789. The Morgan fingerprint density at radius 1 is 1.24 bits per heavy atom. The molecule has 0 heterocycles. The number of aliphatic hydroxyl groups excluding tert-OH is 1. The summed E-state index contributed by atoms with van der Waals surface area (Å²) in [4.78, 5) is 12.0. The molecule has 2 N–H and O–H groups in total. The summed E-state index contributed by atoms with van der Waals surface area (Å²) in [5, 5.41) is 12.4. The number of amides is 1. The first kappa shape index (κ1) is 18.6. The van der Waals surface area contributed by atoms with Gasteiger partial charge in [0, 0.05) is 12.6 Å². The number of carbonyl (C=O) groups excluding carboxylic acids is 1. The van der Waals surface area contributed by atoms with Crippen LogP contribution >= 0.6 is 0 Å². The van der Waals surface area contributed by atoms with Gasteiger partial charge in [0.15, 0.2) is 0 Å². The zero-order chi connectivity index (χ0) is 18.4. The van der Waals surface area contributed by atoms with E-state index >= 15 is 0 Å². The van der Waals surface area contributed by atoms with E-state index < -0.39 is 29.2 Å². The number of rotatable bonds is 6. The summed E-state index contributed by atoms with van der Waals surface area (Å²) in [5.74, 6) is -1.53. The minimum absolute atomic E-state index is 0.307. The van der Waals surface area contributed by atoms with E-state index in [0.29, 0.717) is 11.3 Å². The summed E-state index contributed by atoms with van der Waals surface area (Å²) in [5.41, 5.74) is 1.02. The Morgan fingerprint density at radius 3 is 2.52 bits per heavy atom. The van der Waals surface area contributed by atoms with Crippen LogP contribution in [0.25, 0.3) is 5.57 Å². The molecule has 0 aliphatic carbocycles. The molecule has 0 aromatic heterocycles. The van der Waals surface area contributed by atoms with Crippen LogP contribution in [-0.2, 0) is 4.79 Å². The number of carbonyl (C=O) groups is 1. The Labute approximate surface area is 144 Å². The van der Waals surface area contributed by atoms with E-state index in [1.807, 2.05) is 6.07 Å². The smallest absolute Gasteiger partial charge is 0.244 e. The van der Waals surface area contributed by atoms with E-state index in [2.05, 4.69) is 5.32 Å². The Bertz CT molecular complexity index is 770. The second-order valence-electron chi connectivity index (χ2n) is 5.46. The molecule has 6 heteroatoms. The molecule has 0 bridgehead atoms. The van der Waals surface area contributed by atoms with Crippen molar-refractivity contribution in [1.82, 2.24) is 5.32 Å². The van der Waals surface area contributed by atoms with Crippen molar-refractivity contribution in [3.63, 3.8) is 0 Å². The van der Waals surface area contributed by atoms with Crippen LogP contribution in [-0.4, -0.2) is 24.7 Å². The molecule has 0 spiro atoms. The van der Waals surface area contributed by atoms with Crippen molar-refractivity contribution in [1.29, 1.82) is 0 Å². The first-order valence-corrected chi connectivity index (χ1v) is 7.65. The van der Waals surface area contributed by atoms with E-state index in [4.69, 9.17) is 4.74 Å². The number of allylic oxidation sites excluding steroid dienone is 1. The van der Waals surface area contributed by atoms with Crippen LogP contribution in [0.5, 0.6) is 5.75 Å². The van der Waals surface area contributed by atoms with E-state index in [0.717, 1.165) is 17.7 Å². The maximum absolute atomic E-state index is 13.6. The third-order valence-corrected chi connectivity index (χ3v) is 3.68. The van der Waals surface area contributed by atoms with Crippen LogP contribution in [0.2, 0.25) is 0 Å². The van der Waals surface area contributed by atoms with Crippen molar-refractivity contribution in [2.24, 2.45) is 0 Å². The van der Waals surface area contributed by atoms with E-state index in [1.54, 1.807) is 32.2 Å². The number of nitrogens with one attached hydrogen (secondary N) is 1. The molecule has 2 rings (SSSR count). The van der Waals surface area contributed by atoms with Crippen LogP contribution in [0.3, 0.4) is 0 Å². The molecule has 0 aliphatic rings.